The summed E-state index contributed by atoms with van der Waals surface area (Å²) < 4.78 is 30.5. The van der Waals surface area contributed by atoms with E-state index in [2.05, 4.69) is 74.7 Å². The van der Waals surface area contributed by atoms with Gasteiger partial charge >= 0.3 is 13.8 Å². The molecule has 0 aliphatic rings. The van der Waals surface area contributed by atoms with Crippen molar-refractivity contribution in [1.29, 1.82) is 0 Å². The molecule has 0 spiro atoms. The van der Waals surface area contributed by atoms with Gasteiger partial charge in [0.05, 0.1) is 33.8 Å². The van der Waals surface area contributed by atoms with Crippen LogP contribution in [0.3, 0.4) is 0 Å². The first-order chi connectivity index (χ1) is 32.4. The average Bonchev–Trinajstić information content (AvgIpc) is 3.28. The SMILES string of the molecule is CCCCC/C=C\C/C=C\C/C=C\C/C=C\CCCC(=O)OC(/C=C\CCCCCCCCCCCCC)C(COP(=O)(O)OCC[N+](C)(C)C)NC(=O)CCCCCCCCCCCCC. The largest absolute Gasteiger partial charge is 0.472 e. The van der Waals surface area contributed by atoms with Crippen molar-refractivity contribution < 1.29 is 37.3 Å². The Hall–Kier alpha value is -2.29. The lowest BCUT2D eigenvalue weighted by molar-refractivity contribution is -0.870. The second kappa shape index (κ2) is 47.4. The number of unbranched alkanes of at least 4 members (excludes halogenated alkanes) is 25. The summed E-state index contributed by atoms with van der Waals surface area (Å²) in [5.41, 5.74) is 0. The monoisotopic (exact) mass is 962 g/mol. The molecule has 2 N–H and O–H groups in total. The Morgan fingerprint density at radius 3 is 1.42 bits per heavy atom. The molecule has 0 rings (SSSR count). The van der Waals surface area contributed by atoms with Crippen molar-refractivity contribution in [2.75, 3.05) is 40.9 Å². The van der Waals surface area contributed by atoms with Gasteiger partial charge in [-0.3, -0.25) is 18.6 Å². The first kappa shape index (κ1) is 64.7. The molecule has 10 heteroatoms. The predicted molar refractivity (Wildman–Crippen MR) is 286 cm³/mol. The molecule has 0 aromatic rings. The number of likely N-dealkylation sites (N-methyl/N-ethyl adjacent to an activating group) is 1. The zero-order chi connectivity index (χ0) is 49.4. The number of nitrogens with zero attached hydrogens (tertiary/aromatic N) is 1. The maximum Gasteiger partial charge on any atom is 0.472 e. The number of ether oxygens (including phenoxy) is 1. The summed E-state index contributed by atoms with van der Waals surface area (Å²) in [5, 5.41) is 3.03. The minimum atomic E-state index is -4.45. The molecule has 0 fully saturated rings. The maximum absolute atomic E-state index is 13.4. The first-order valence-corrected chi connectivity index (χ1v) is 29.1. The minimum Gasteiger partial charge on any atom is -0.456 e. The zero-order valence-electron chi connectivity index (χ0n) is 44.4. The van der Waals surface area contributed by atoms with Crippen LogP contribution in [-0.4, -0.2) is 74.3 Å². The summed E-state index contributed by atoms with van der Waals surface area (Å²) in [4.78, 5) is 37.4. The molecule has 0 aromatic heterocycles. The third kappa shape index (κ3) is 48.5. The van der Waals surface area contributed by atoms with E-state index >= 15 is 0 Å². The van der Waals surface area contributed by atoms with Crippen LogP contribution in [0, 0.1) is 0 Å². The van der Waals surface area contributed by atoms with Gasteiger partial charge in [0, 0.05) is 12.8 Å². The number of rotatable bonds is 49. The number of hydrogen-bond acceptors (Lipinski definition) is 6. The molecule has 9 nitrogen and oxygen atoms in total. The molecule has 0 aromatic carbocycles. The van der Waals surface area contributed by atoms with Crippen molar-refractivity contribution in [1.82, 2.24) is 5.32 Å². The van der Waals surface area contributed by atoms with Crippen LogP contribution in [0.5, 0.6) is 0 Å². The van der Waals surface area contributed by atoms with Gasteiger partial charge in [0.1, 0.15) is 19.3 Å². The molecule has 1 amide bonds. The van der Waals surface area contributed by atoms with E-state index in [9.17, 15) is 19.0 Å². The number of esters is 1. The Bertz CT molecular complexity index is 1340. The number of carbonyl (C=O) groups excluding carboxylic acids is 2. The van der Waals surface area contributed by atoms with E-state index in [0.717, 1.165) is 64.2 Å². The molecule has 67 heavy (non-hydrogen) atoms. The molecule has 0 bridgehead atoms. The molecule has 0 saturated heterocycles. The van der Waals surface area contributed by atoms with Crippen LogP contribution in [-0.2, 0) is 27.9 Å². The summed E-state index contributed by atoms with van der Waals surface area (Å²) in [5.74, 6) is -0.570. The van der Waals surface area contributed by atoms with Crippen molar-refractivity contribution in [3.8, 4) is 0 Å². The van der Waals surface area contributed by atoms with Crippen LogP contribution in [0.25, 0.3) is 0 Å². The highest BCUT2D eigenvalue weighted by atomic mass is 31.2. The van der Waals surface area contributed by atoms with E-state index in [0.29, 0.717) is 23.9 Å². The quantitative estimate of drug-likeness (QED) is 0.0205. The van der Waals surface area contributed by atoms with Crippen LogP contribution < -0.4 is 5.32 Å². The van der Waals surface area contributed by atoms with Gasteiger partial charge in [-0.1, -0.05) is 217 Å². The molecule has 3 atom stereocenters. The van der Waals surface area contributed by atoms with Gasteiger partial charge in [-0.25, -0.2) is 4.57 Å². The van der Waals surface area contributed by atoms with E-state index in [-0.39, 0.29) is 31.5 Å². The molecular weight excluding hydrogens is 856 g/mol. The number of nitrogens with one attached hydrogen (secondary N) is 1. The number of allylic oxidation sites excluding steroid dienone is 9. The molecule has 0 radical (unpaired) electrons. The van der Waals surface area contributed by atoms with E-state index in [1.165, 1.54) is 135 Å². The van der Waals surface area contributed by atoms with E-state index in [1.807, 2.05) is 33.3 Å². The standard InChI is InChI=1S/C57H105N2O7P/c1-7-10-13-16-19-22-25-27-28-29-30-32-35-38-41-44-47-50-57(61)66-55(48-45-42-39-36-34-31-26-23-20-17-14-11-8-2)54(53-65-67(62,63)64-52-51-59(4,5)6)58-56(60)49-46-43-40-37-33-24-21-18-15-12-9-3/h19,22,27-28,30,32,38,41,45,48,54-55H,7-18,20-21,23-26,29,31,33-37,39-40,42-44,46-47,49-53H2,1-6H3,(H-,58,60,62,63)/p+1/b22-19-,28-27-,32-30-,41-38-,48-45-. The van der Waals surface area contributed by atoms with Gasteiger partial charge in [0.15, 0.2) is 0 Å². The van der Waals surface area contributed by atoms with Crippen LogP contribution >= 0.6 is 7.82 Å². The van der Waals surface area contributed by atoms with Gasteiger partial charge in [0.2, 0.25) is 5.91 Å². The van der Waals surface area contributed by atoms with Crippen LogP contribution in [0.15, 0.2) is 60.8 Å². The number of amides is 1. The highest BCUT2D eigenvalue weighted by molar-refractivity contribution is 7.47. The fraction of sp³-hybridized carbons (Fsp3) is 0.789. The third-order valence-electron chi connectivity index (χ3n) is 12.0. The van der Waals surface area contributed by atoms with Gasteiger partial charge < -0.3 is 19.4 Å². The van der Waals surface area contributed by atoms with Crippen molar-refractivity contribution in [3.05, 3.63) is 60.8 Å². The first-order valence-electron chi connectivity index (χ1n) is 27.6. The summed E-state index contributed by atoms with van der Waals surface area (Å²) in [6.45, 7) is 6.93. The molecule has 0 aliphatic carbocycles. The normalized spacial score (nSPS) is 14.3. The zero-order valence-corrected chi connectivity index (χ0v) is 45.3. The Balaban J connectivity index is 5.48. The number of carbonyl (C=O) groups is 2. The van der Waals surface area contributed by atoms with E-state index in [1.54, 1.807) is 0 Å². The molecule has 0 saturated carbocycles. The number of hydrogen-bond donors (Lipinski definition) is 2. The fourth-order valence-electron chi connectivity index (χ4n) is 7.64. The maximum atomic E-state index is 13.4. The second-order valence-corrected chi connectivity index (χ2v) is 21.2. The number of quaternary nitrogens is 1. The summed E-state index contributed by atoms with van der Waals surface area (Å²) >= 11 is 0. The third-order valence-corrected chi connectivity index (χ3v) is 12.9. The Kier molecular flexibility index (Phi) is 45.8. The van der Waals surface area contributed by atoms with Crippen molar-refractivity contribution in [3.63, 3.8) is 0 Å². The average molecular weight is 962 g/mol. The van der Waals surface area contributed by atoms with Gasteiger partial charge in [-0.15, -0.1) is 0 Å². The minimum absolute atomic E-state index is 0.0316. The van der Waals surface area contributed by atoms with Crippen molar-refractivity contribution in [2.45, 2.75) is 251 Å². The van der Waals surface area contributed by atoms with Crippen molar-refractivity contribution >= 4 is 19.7 Å². The topological polar surface area (TPSA) is 111 Å². The highest BCUT2D eigenvalue weighted by Crippen LogP contribution is 2.43. The number of phosphoric acid groups is 1. The van der Waals surface area contributed by atoms with Gasteiger partial charge in [-0.05, 0) is 70.3 Å². The molecular formula is C57H106N2O7P+. The molecule has 390 valence electrons. The summed E-state index contributed by atoms with van der Waals surface area (Å²) in [6, 6.07) is -0.867. The lowest BCUT2D eigenvalue weighted by atomic mass is 10.0. The summed E-state index contributed by atoms with van der Waals surface area (Å²) in [7, 11) is 1.47. The van der Waals surface area contributed by atoms with Crippen LogP contribution in [0.2, 0.25) is 0 Å². The van der Waals surface area contributed by atoms with E-state index in [4.69, 9.17) is 13.8 Å². The van der Waals surface area contributed by atoms with Gasteiger partial charge in [-0.2, -0.15) is 0 Å². The fourth-order valence-corrected chi connectivity index (χ4v) is 8.37. The lowest BCUT2D eigenvalue weighted by Gasteiger charge is -2.27. The Labute approximate surface area is 413 Å². The smallest absolute Gasteiger partial charge is 0.456 e. The number of phosphoric ester groups is 1. The Morgan fingerprint density at radius 2 is 0.925 bits per heavy atom. The van der Waals surface area contributed by atoms with Crippen LogP contribution in [0.4, 0.5) is 0 Å². The second-order valence-electron chi connectivity index (χ2n) is 19.8. The molecule has 3 unspecified atom stereocenters. The van der Waals surface area contributed by atoms with E-state index < -0.39 is 20.0 Å². The van der Waals surface area contributed by atoms with Crippen molar-refractivity contribution in [2.24, 2.45) is 0 Å². The highest BCUT2D eigenvalue weighted by Gasteiger charge is 2.30. The van der Waals surface area contributed by atoms with Gasteiger partial charge in [0.25, 0.3) is 0 Å². The summed E-state index contributed by atoms with van der Waals surface area (Å²) in [6.07, 6.45) is 57.9. The molecule has 0 aliphatic heterocycles. The Morgan fingerprint density at radius 1 is 0.522 bits per heavy atom. The van der Waals surface area contributed by atoms with Crippen LogP contribution in [0.1, 0.15) is 239 Å². The predicted octanol–water partition coefficient (Wildman–Crippen LogP) is 16.3. The lowest BCUT2D eigenvalue weighted by Crippen LogP contribution is -2.47. The molecule has 0 heterocycles.